The molecule has 0 unspecified atom stereocenters. The first-order chi connectivity index (χ1) is 24.4. The SMILES string of the molecule is CC1(C)c2ccccc2-c2c1cc1c3c2-c2cccc4c5c(n(c24)B3c2cccc3c4c6ccccc6sc4n-1c23)-c1ccccc1C5(C)C. The molecular weight excluding hydrogens is 623 g/mol. The van der Waals surface area contributed by atoms with Crippen LogP contribution < -0.4 is 10.9 Å². The molecule has 50 heavy (non-hydrogen) atoms. The fourth-order valence-corrected chi connectivity index (χ4v) is 12.4. The Bertz CT molecular complexity index is 3110. The summed E-state index contributed by atoms with van der Waals surface area (Å²) in [5.74, 6) is 0. The molecule has 4 heteroatoms. The maximum atomic E-state index is 2.79. The molecule has 0 radical (unpaired) electrons. The maximum Gasteiger partial charge on any atom is 0.333 e. The zero-order chi connectivity index (χ0) is 33.0. The third-order valence-corrected chi connectivity index (χ3v) is 14.2. The zero-order valence-electron chi connectivity index (χ0n) is 28.3. The summed E-state index contributed by atoms with van der Waals surface area (Å²) < 4.78 is 6.81. The molecule has 0 amide bonds. The first-order valence-corrected chi connectivity index (χ1v) is 18.7. The highest BCUT2D eigenvalue weighted by atomic mass is 32.1. The quantitative estimate of drug-likeness (QED) is 0.144. The van der Waals surface area contributed by atoms with Crippen LogP contribution in [0.4, 0.5) is 0 Å². The van der Waals surface area contributed by atoms with E-state index < -0.39 is 0 Å². The van der Waals surface area contributed by atoms with Crippen LogP contribution in [0, 0.1) is 0 Å². The number of benzene rings is 6. The zero-order valence-corrected chi connectivity index (χ0v) is 29.2. The third-order valence-electron chi connectivity index (χ3n) is 13.1. The van der Waals surface area contributed by atoms with E-state index in [2.05, 4.69) is 152 Å². The van der Waals surface area contributed by atoms with Crippen molar-refractivity contribution in [1.29, 1.82) is 0 Å². The van der Waals surface area contributed by atoms with Gasteiger partial charge >= 0.3 is 6.85 Å². The smallest absolute Gasteiger partial charge is 0.333 e. The summed E-state index contributed by atoms with van der Waals surface area (Å²) in [6.45, 7) is 9.80. The van der Waals surface area contributed by atoms with Crippen molar-refractivity contribution in [1.82, 2.24) is 9.05 Å². The van der Waals surface area contributed by atoms with Gasteiger partial charge in [-0.15, -0.1) is 11.3 Å². The number of para-hydroxylation sites is 2. The van der Waals surface area contributed by atoms with Crippen LogP contribution in [0.2, 0.25) is 0 Å². The third kappa shape index (κ3) is 2.64. The molecule has 13 rings (SSSR count). The number of nitrogens with zero attached hydrogens (tertiary/aromatic N) is 2. The highest BCUT2D eigenvalue weighted by Gasteiger charge is 2.50. The van der Waals surface area contributed by atoms with E-state index in [-0.39, 0.29) is 17.7 Å². The predicted molar refractivity (Wildman–Crippen MR) is 213 cm³/mol. The van der Waals surface area contributed by atoms with Gasteiger partial charge in [-0.2, -0.15) is 0 Å². The molecular formula is C46H31BN2S. The number of hydrogen-bond donors (Lipinski definition) is 0. The van der Waals surface area contributed by atoms with Gasteiger partial charge in [-0.25, -0.2) is 0 Å². The topological polar surface area (TPSA) is 9.86 Å². The van der Waals surface area contributed by atoms with E-state index in [0.29, 0.717) is 0 Å². The van der Waals surface area contributed by atoms with Gasteiger partial charge in [0.25, 0.3) is 0 Å². The number of thiophene rings is 1. The summed E-state index contributed by atoms with van der Waals surface area (Å²) in [5, 5.41) is 5.52. The lowest BCUT2D eigenvalue weighted by atomic mass is 9.45. The molecule has 234 valence electrons. The first-order valence-electron chi connectivity index (χ1n) is 17.9. The van der Waals surface area contributed by atoms with Gasteiger partial charge in [0.2, 0.25) is 0 Å². The molecule has 9 aromatic rings. The van der Waals surface area contributed by atoms with Crippen molar-refractivity contribution in [2.75, 3.05) is 0 Å². The molecule has 0 saturated heterocycles. The lowest BCUT2D eigenvalue weighted by Crippen LogP contribution is -2.55. The van der Waals surface area contributed by atoms with Crippen molar-refractivity contribution in [3.63, 3.8) is 0 Å². The normalized spacial score (nSPS) is 16.3. The maximum absolute atomic E-state index is 2.79. The van der Waals surface area contributed by atoms with E-state index in [0.717, 1.165) is 0 Å². The second-order valence-corrected chi connectivity index (χ2v) is 17.0. The van der Waals surface area contributed by atoms with Crippen molar-refractivity contribution in [3.05, 3.63) is 138 Å². The Kier molecular flexibility index (Phi) is 4.34. The summed E-state index contributed by atoms with van der Waals surface area (Å²) >= 11 is 1.95. The molecule has 0 N–H and O–H groups in total. The summed E-state index contributed by atoms with van der Waals surface area (Å²) in [5.41, 5.74) is 20.9. The Morgan fingerprint density at radius 2 is 1.26 bits per heavy atom. The number of hydrogen-bond acceptors (Lipinski definition) is 1. The molecule has 0 saturated carbocycles. The van der Waals surface area contributed by atoms with Crippen molar-refractivity contribution in [2.45, 2.75) is 38.5 Å². The van der Waals surface area contributed by atoms with E-state index in [4.69, 9.17) is 0 Å². The largest absolute Gasteiger partial charge is 0.375 e. The molecule has 0 bridgehead atoms. The van der Waals surface area contributed by atoms with Crippen LogP contribution in [-0.4, -0.2) is 15.9 Å². The van der Waals surface area contributed by atoms with Crippen molar-refractivity contribution < 1.29 is 0 Å². The van der Waals surface area contributed by atoms with Gasteiger partial charge in [0.1, 0.15) is 4.83 Å². The van der Waals surface area contributed by atoms with Crippen LogP contribution in [0.1, 0.15) is 49.9 Å². The fraction of sp³-hybridized carbons (Fsp3) is 0.130. The number of rotatable bonds is 0. The molecule has 6 aromatic carbocycles. The summed E-state index contributed by atoms with van der Waals surface area (Å²) in [7, 11) is 0. The number of aromatic nitrogens is 2. The van der Waals surface area contributed by atoms with E-state index in [1.807, 2.05) is 11.3 Å². The standard InChI is InChI=1S/C46H31BN2S/c1-45(2)30-19-8-5-13-24(30)37-32(45)23-34-40-38(37)28-16-11-18-29-39-43(25-14-6-9-20-31(25)46(39,3)4)49(41(28)29)47(40)33-21-12-17-27-36-26-15-7-10-22-35(26)50-44(36)48(34)42(27)33/h5-23H,1-4H3. The summed E-state index contributed by atoms with van der Waals surface area (Å²) in [4.78, 5) is 1.36. The second-order valence-electron chi connectivity index (χ2n) is 16.0. The molecule has 2 aliphatic heterocycles. The molecule has 0 atom stereocenters. The van der Waals surface area contributed by atoms with Crippen molar-refractivity contribution in [3.8, 4) is 39.2 Å². The Morgan fingerprint density at radius 3 is 2.12 bits per heavy atom. The van der Waals surface area contributed by atoms with Gasteiger partial charge in [-0.3, -0.25) is 0 Å². The molecule has 4 aliphatic rings. The minimum Gasteiger partial charge on any atom is -0.375 e. The van der Waals surface area contributed by atoms with Gasteiger partial charge in [0.15, 0.2) is 0 Å². The molecule has 2 aliphatic carbocycles. The Hall–Kier alpha value is -5.32. The van der Waals surface area contributed by atoms with Crippen molar-refractivity contribution >= 4 is 71.2 Å². The highest BCUT2D eigenvalue weighted by Crippen LogP contribution is 2.59. The summed E-state index contributed by atoms with van der Waals surface area (Å²) in [6.07, 6.45) is 0. The van der Waals surface area contributed by atoms with Crippen LogP contribution in [0.5, 0.6) is 0 Å². The lowest BCUT2D eigenvalue weighted by Gasteiger charge is -2.36. The summed E-state index contributed by atoms with van der Waals surface area (Å²) in [6, 6.07) is 44.3. The van der Waals surface area contributed by atoms with Gasteiger partial charge in [0, 0.05) is 65.1 Å². The Balaban J connectivity index is 1.31. The van der Waals surface area contributed by atoms with E-state index in [1.54, 1.807) is 0 Å². The lowest BCUT2D eigenvalue weighted by molar-refractivity contribution is 0.660. The van der Waals surface area contributed by atoms with E-state index in [1.165, 1.54) is 114 Å². The highest BCUT2D eigenvalue weighted by molar-refractivity contribution is 7.25. The molecule has 3 aromatic heterocycles. The van der Waals surface area contributed by atoms with Crippen LogP contribution in [0.3, 0.4) is 0 Å². The minimum absolute atomic E-state index is 0.0516. The van der Waals surface area contributed by atoms with Crippen LogP contribution in [0.15, 0.2) is 115 Å². The van der Waals surface area contributed by atoms with Crippen LogP contribution >= 0.6 is 11.3 Å². The second kappa shape index (κ2) is 8.17. The average molecular weight is 655 g/mol. The molecule has 2 nitrogen and oxygen atoms in total. The average Bonchev–Trinajstić information content (AvgIpc) is 3.88. The van der Waals surface area contributed by atoms with E-state index in [9.17, 15) is 0 Å². The Morgan fingerprint density at radius 1 is 0.580 bits per heavy atom. The molecule has 5 heterocycles. The van der Waals surface area contributed by atoms with Gasteiger partial charge in [-0.1, -0.05) is 131 Å². The molecule has 0 spiro atoms. The van der Waals surface area contributed by atoms with Crippen LogP contribution in [-0.2, 0) is 10.8 Å². The number of fused-ring (bicyclic) bond motifs is 18. The van der Waals surface area contributed by atoms with Gasteiger partial charge in [-0.05, 0) is 62.0 Å². The minimum atomic E-state index is -0.120. The Labute approximate surface area is 294 Å². The first kappa shape index (κ1) is 26.5. The van der Waals surface area contributed by atoms with E-state index >= 15 is 0 Å². The predicted octanol–water partition coefficient (Wildman–Crippen LogP) is 10.5. The monoisotopic (exact) mass is 654 g/mol. The van der Waals surface area contributed by atoms with Crippen molar-refractivity contribution in [2.24, 2.45) is 0 Å². The van der Waals surface area contributed by atoms with Gasteiger partial charge < -0.3 is 9.05 Å². The van der Waals surface area contributed by atoms with Gasteiger partial charge in [0.05, 0.1) is 5.52 Å². The van der Waals surface area contributed by atoms with Crippen LogP contribution in [0.25, 0.3) is 81.3 Å². The molecule has 0 fully saturated rings. The fourth-order valence-electron chi connectivity index (χ4n) is 11.1.